The van der Waals surface area contributed by atoms with E-state index in [2.05, 4.69) is 43.5 Å². The summed E-state index contributed by atoms with van der Waals surface area (Å²) in [5.74, 6) is -0.204. The molecule has 9 nitrogen and oxygen atoms in total. The highest BCUT2D eigenvalue weighted by atomic mass is 16.7. The van der Waals surface area contributed by atoms with Crippen molar-refractivity contribution in [3.8, 4) is 0 Å². The third kappa shape index (κ3) is 18.4. The number of aliphatic hydroxyl groups excluding tert-OH is 5. The maximum Gasteiger partial charge on any atom is 0.220 e. The highest BCUT2D eigenvalue weighted by molar-refractivity contribution is 5.76. The summed E-state index contributed by atoms with van der Waals surface area (Å²) in [6.07, 6.45) is 22.0. The summed E-state index contributed by atoms with van der Waals surface area (Å²) in [5.41, 5.74) is 0. The van der Waals surface area contributed by atoms with Gasteiger partial charge in [-0.3, -0.25) is 4.79 Å². The van der Waals surface area contributed by atoms with Crippen LogP contribution in [0.15, 0.2) is 36.5 Å². The highest BCUT2D eigenvalue weighted by Crippen LogP contribution is 2.22. The fraction of sp³-hybridized carbons (Fsp3) is 0.800. The molecule has 1 saturated heterocycles. The Labute approximate surface area is 266 Å². The molecule has 0 bridgehead atoms. The first-order valence-electron chi connectivity index (χ1n) is 17.2. The zero-order chi connectivity index (χ0) is 32.4. The topological polar surface area (TPSA) is 149 Å². The number of carbonyl (C=O) groups is 1. The third-order valence-electron chi connectivity index (χ3n) is 7.94. The Morgan fingerprint density at radius 1 is 0.750 bits per heavy atom. The summed E-state index contributed by atoms with van der Waals surface area (Å²) < 4.78 is 11.1. The Morgan fingerprint density at radius 3 is 1.98 bits per heavy atom. The number of rotatable bonds is 26. The number of hydrogen-bond acceptors (Lipinski definition) is 8. The number of carbonyl (C=O) groups excluding carboxylic acids is 1. The molecule has 9 heteroatoms. The lowest BCUT2D eigenvalue weighted by Gasteiger charge is -2.40. The van der Waals surface area contributed by atoms with Crippen LogP contribution >= 0.6 is 0 Å². The Balaban J connectivity index is 2.51. The van der Waals surface area contributed by atoms with E-state index >= 15 is 0 Å². The second kappa shape index (κ2) is 26.6. The zero-order valence-corrected chi connectivity index (χ0v) is 27.4. The van der Waals surface area contributed by atoms with E-state index in [-0.39, 0.29) is 12.5 Å². The summed E-state index contributed by atoms with van der Waals surface area (Å²) in [7, 11) is 0. The van der Waals surface area contributed by atoms with E-state index in [1.54, 1.807) is 6.08 Å². The lowest BCUT2D eigenvalue weighted by molar-refractivity contribution is -0.302. The molecule has 0 spiro atoms. The zero-order valence-electron chi connectivity index (χ0n) is 27.4. The fourth-order valence-corrected chi connectivity index (χ4v) is 5.03. The van der Waals surface area contributed by atoms with Gasteiger partial charge in [0.15, 0.2) is 6.29 Å². The number of ether oxygens (including phenoxy) is 2. The first-order chi connectivity index (χ1) is 21.3. The number of aliphatic hydroxyl groups is 5. The lowest BCUT2D eigenvalue weighted by Crippen LogP contribution is -2.60. The molecule has 1 rings (SSSR count). The van der Waals surface area contributed by atoms with Crippen LogP contribution in [0, 0.1) is 0 Å². The highest BCUT2D eigenvalue weighted by Gasteiger charge is 2.44. The second-order valence-corrected chi connectivity index (χ2v) is 11.9. The largest absolute Gasteiger partial charge is 0.394 e. The van der Waals surface area contributed by atoms with Crippen molar-refractivity contribution >= 4 is 5.91 Å². The van der Waals surface area contributed by atoms with Crippen molar-refractivity contribution in [3.63, 3.8) is 0 Å². The summed E-state index contributed by atoms with van der Waals surface area (Å²) >= 11 is 0. The van der Waals surface area contributed by atoms with Gasteiger partial charge in [-0.05, 0) is 51.4 Å². The van der Waals surface area contributed by atoms with E-state index in [9.17, 15) is 30.3 Å². The molecule has 1 aliphatic heterocycles. The summed E-state index contributed by atoms with van der Waals surface area (Å²) in [6, 6.07) is -0.819. The van der Waals surface area contributed by atoms with Gasteiger partial charge in [-0.15, -0.1) is 0 Å². The molecule has 0 aromatic rings. The van der Waals surface area contributed by atoms with Crippen molar-refractivity contribution in [2.24, 2.45) is 0 Å². The maximum atomic E-state index is 12.8. The molecule has 0 aliphatic carbocycles. The van der Waals surface area contributed by atoms with Crippen molar-refractivity contribution in [2.75, 3.05) is 13.2 Å². The van der Waals surface area contributed by atoms with Crippen molar-refractivity contribution in [1.29, 1.82) is 0 Å². The maximum absolute atomic E-state index is 12.8. The number of amides is 1. The first-order valence-corrected chi connectivity index (χ1v) is 17.2. The van der Waals surface area contributed by atoms with Gasteiger partial charge in [0.1, 0.15) is 24.4 Å². The van der Waals surface area contributed by atoms with Crippen molar-refractivity contribution in [3.05, 3.63) is 36.5 Å². The van der Waals surface area contributed by atoms with Gasteiger partial charge in [0, 0.05) is 6.42 Å². The van der Waals surface area contributed by atoms with Crippen LogP contribution in [-0.2, 0) is 14.3 Å². The number of allylic oxidation sites excluding steroid dienone is 5. The number of hydrogen-bond donors (Lipinski definition) is 6. The van der Waals surface area contributed by atoms with E-state index in [0.717, 1.165) is 70.6 Å². The third-order valence-corrected chi connectivity index (χ3v) is 7.94. The normalized spacial score (nSPS) is 24.0. The lowest BCUT2D eigenvalue weighted by atomic mass is 9.99. The molecule has 1 aliphatic rings. The molecule has 7 atom stereocenters. The molecule has 0 saturated carbocycles. The van der Waals surface area contributed by atoms with Crippen LogP contribution in [0.1, 0.15) is 123 Å². The molecular weight excluding hydrogens is 562 g/mol. The predicted octanol–water partition coefficient (Wildman–Crippen LogP) is 4.99. The van der Waals surface area contributed by atoms with Crippen molar-refractivity contribution in [2.45, 2.75) is 166 Å². The fourth-order valence-electron chi connectivity index (χ4n) is 5.03. The van der Waals surface area contributed by atoms with Gasteiger partial charge in [0.05, 0.1) is 25.4 Å². The van der Waals surface area contributed by atoms with E-state index in [0.29, 0.717) is 6.42 Å². The minimum atomic E-state index is -1.57. The van der Waals surface area contributed by atoms with Crippen LogP contribution in [0.5, 0.6) is 0 Å². The average molecular weight is 626 g/mol. The molecule has 256 valence electrons. The minimum absolute atomic E-state index is 0.204. The molecule has 44 heavy (non-hydrogen) atoms. The summed E-state index contributed by atoms with van der Waals surface area (Å²) in [6.45, 7) is 3.61. The molecule has 1 fully saturated rings. The van der Waals surface area contributed by atoms with E-state index in [4.69, 9.17) is 9.47 Å². The molecular formula is C35H63NO8. The van der Waals surface area contributed by atoms with Crippen molar-refractivity contribution in [1.82, 2.24) is 5.32 Å². The first kappa shape index (κ1) is 40.4. The van der Waals surface area contributed by atoms with Gasteiger partial charge in [0.25, 0.3) is 0 Å². The van der Waals surface area contributed by atoms with Gasteiger partial charge >= 0.3 is 0 Å². The second-order valence-electron chi connectivity index (χ2n) is 11.9. The molecule has 0 aromatic heterocycles. The van der Waals surface area contributed by atoms with Crippen LogP contribution in [0.25, 0.3) is 0 Å². The van der Waals surface area contributed by atoms with Crippen LogP contribution in [0.3, 0.4) is 0 Å². The van der Waals surface area contributed by atoms with Gasteiger partial charge in [-0.2, -0.15) is 0 Å². The minimum Gasteiger partial charge on any atom is -0.394 e. The van der Waals surface area contributed by atoms with E-state index in [1.807, 2.05) is 6.08 Å². The predicted molar refractivity (Wildman–Crippen MR) is 175 cm³/mol. The molecule has 0 radical (unpaired) electrons. The van der Waals surface area contributed by atoms with Crippen molar-refractivity contribution < 1.29 is 39.8 Å². The van der Waals surface area contributed by atoms with E-state index in [1.165, 1.54) is 32.1 Å². The molecule has 7 unspecified atom stereocenters. The summed E-state index contributed by atoms with van der Waals surface area (Å²) in [4.78, 5) is 12.8. The SMILES string of the molecule is CCCC/C=C/CC/C=C/C(O)C(COC1OC(CO)C(O)C(O)C1O)NC(=O)CCCCCCC/C=C\CCCCCC. The van der Waals surface area contributed by atoms with Crippen LogP contribution < -0.4 is 5.32 Å². The molecule has 6 N–H and O–H groups in total. The standard InChI is InChI=1S/C35H63NO8/c1-3-5-7-9-11-13-14-15-16-17-19-21-23-25-31(39)36-28(29(38)24-22-20-18-12-10-8-6-4-2)27-43-35-34(42)33(41)32(40)30(26-37)44-35/h10,12-14,22,24,28-30,32-35,37-38,40-42H,3-9,11,15-21,23,25-27H2,1-2H3,(H,36,39)/b12-10+,14-13-,24-22+. The monoisotopic (exact) mass is 625 g/mol. The van der Waals surface area contributed by atoms with E-state index < -0.39 is 49.5 Å². The number of nitrogens with one attached hydrogen (secondary N) is 1. The van der Waals surface area contributed by atoms with Gasteiger partial charge in [-0.1, -0.05) is 102 Å². The van der Waals surface area contributed by atoms with Gasteiger partial charge < -0.3 is 40.3 Å². The Hall–Kier alpha value is -1.59. The number of unbranched alkanes of at least 4 members (excludes halogenated alkanes) is 12. The Bertz CT molecular complexity index is 787. The summed E-state index contributed by atoms with van der Waals surface area (Å²) in [5, 5.41) is 53.5. The van der Waals surface area contributed by atoms with Gasteiger partial charge in [0.2, 0.25) is 5.91 Å². The quantitative estimate of drug-likeness (QED) is 0.0582. The molecule has 0 aromatic carbocycles. The van der Waals surface area contributed by atoms with Crippen LogP contribution in [0.4, 0.5) is 0 Å². The van der Waals surface area contributed by atoms with Crippen LogP contribution in [-0.4, -0.2) is 87.5 Å². The smallest absolute Gasteiger partial charge is 0.220 e. The molecule has 1 amide bonds. The van der Waals surface area contributed by atoms with Gasteiger partial charge in [-0.25, -0.2) is 0 Å². The Kier molecular flexibility index (Phi) is 24.5. The molecule has 1 heterocycles. The Morgan fingerprint density at radius 2 is 1.32 bits per heavy atom. The van der Waals surface area contributed by atoms with Crippen LogP contribution in [0.2, 0.25) is 0 Å². The average Bonchev–Trinajstić information content (AvgIpc) is 3.02.